The molecule has 0 aliphatic heterocycles. The Morgan fingerprint density at radius 3 is 2.70 bits per heavy atom. The number of hydrogen-bond acceptors (Lipinski definition) is 4. The highest BCUT2D eigenvalue weighted by molar-refractivity contribution is 6.30. The third-order valence-corrected chi connectivity index (χ3v) is 2.85. The Balaban J connectivity index is 2.47. The zero-order valence-electron chi connectivity index (χ0n) is 12.4. The largest absolute Gasteiger partial charge is 0.491 e. The van der Waals surface area contributed by atoms with Crippen molar-refractivity contribution in [2.45, 2.75) is 26.5 Å². The summed E-state index contributed by atoms with van der Waals surface area (Å²) in [6.07, 6.45) is 0.221. The maximum Gasteiger partial charge on any atom is 0.124 e. The van der Waals surface area contributed by atoms with Crippen molar-refractivity contribution in [2.24, 2.45) is 0 Å². The van der Waals surface area contributed by atoms with E-state index in [0.717, 1.165) is 17.9 Å². The molecule has 0 saturated heterocycles. The Labute approximate surface area is 126 Å². The molecular formula is C15H24ClNO3. The van der Waals surface area contributed by atoms with Crippen molar-refractivity contribution in [1.82, 2.24) is 5.32 Å². The van der Waals surface area contributed by atoms with Crippen LogP contribution in [-0.4, -0.2) is 39.6 Å². The van der Waals surface area contributed by atoms with E-state index in [0.29, 0.717) is 31.4 Å². The van der Waals surface area contributed by atoms with Gasteiger partial charge >= 0.3 is 0 Å². The molecule has 0 spiro atoms. The fourth-order valence-electron chi connectivity index (χ4n) is 1.66. The fourth-order valence-corrected chi connectivity index (χ4v) is 1.85. The minimum absolute atomic E-state index is 0.221. The second kappa shape index (κ2) is 10.00. The van der Waals surface area contributed by atoms with Gasteiger partial charge in [0.2, 0.25) is 0 Å². The molecule has 1 aromatic carbocycles. The summed E-state index contributed by atoms with van der Waals surface area (Å²) in [6, 6.07) is 5.64. The van der Waals surface area contributed by atoms with Crippen molar-refractivity contribution < 1.29 is 14.2 Å². The average molecular weight is 302 g/mol. The predicted molar refractivity (Wildman–Crippen MR) is 81.6 cm³/mol. The van der Waals surface area contributed by atoms with Crippen LogP contribution in [-0.2, 0) is 16.0 Å². The van der Waals surface area contributed by atoms with Crippen LogP contribution in [0.3, 0.4) is 0 Å². The van der Waals surface area contributed by atoms with E-state index in [1.54, 1.807) is 7.11 Å². The quantitative estimate of drug-likeness (QED) is 0.675. The lowest BCUT2D eigenvalue weighted by Gasteiger charge is -2.13. The molecule has 5 heteroatoms. The second-order valence-corrected chi connectivity index (χ2v) is 5.13. The molecule has 20 heavy (non-hydrogen) atoms. The van der Waals surface area contributed by atoms with Gasteiger partial charge in [-0.25, -0.2) is 0 Å². The number of rotatable bonds is 10. The lowest BCUT2D eigenvalue weighted by molar-refractivity contribution is 0.0550. The first-order valence-corrected chi connectivity index (χ1v) is 7.23. The van der Waals surface area contributed by atoms with Gasteiger partial charge in [-0.1, -0.05) is 11.6 Å². The van der Waals surface area contributed by atoms with Crippen molar-refractivity contribution in [2.75, 3.05) is 33.5 Å². The number of nitrogens with one attached hydrogen (secondary N) is 1. The first-order valence-electron chi connectivity index (χ1n) is 6.86. The molecule has 0 unspecified atom stereocenters. The summed E-state index contributed by atoms with van der Waals surface area (Å²) in [5, 5.41) is 3.99. The summed E-state index contributed by atoms with van der Waals surface area (Å²) in [6.45, 7) is 7.30. The monoisotopic (exact) mass is 301 g/mol. The number of methoxy groups -OCH3 is 1. The molecule has 0 amide bonds. The molecule has 0 bridgehead atoms. The molecule has 1 aromatic rings. The maximum absolute atomic E-state index is 6.03. The minimum atomic E-state index is 0.221. The lowest BCUT2D eigenvalue weighted by atomic mass is 10.2. The fraction of sp³-hybridized carbons (Fsp3) is 0.600. The molecular weight excluding hydrogens is 278 g/mol. The van der Waals surface area contributed by atoms with Crippen LogP contribution >= 0.6 is 11.6 Å². The van der Waals surface area contributed by atoms with Gasteiger partial charge in [0.05, 0.1) is 19.3 Å². The standard InChI is InChI=1S/C15H24ClNO3/c1-12(2)19-8-9-20-15-5-4-14(16)10-13(15)11-17-6-7-18-3/h4-5,10,12,17H,6-9,11H2,1-3H3. The minimum Gasteiger partial charge on any atom is -0.491 e. The molecule has 0 aliphatic carbocycles. The first kappa shape index (κ1) is 17.2. The van der Waals surface area contributed by atoms with Crippen molar-refractivity contribution in [3.05, 3.63) is 28.8 Å². The van der Waals surface area contributed by atoms with Crippen molar-refractivity contribution in [3.8, 4) is 5.75 Å². The number of hydrogen-bond donors (Lipinski definition) is 1. The van der Waals surface area contributed by atoms with E-state index in [-0.39, 0.29) is 6.10 Å². The summed E-state index contributed by atoms with van der Waals surface area (Å²) < 4.78 is 16.2. The van der Waals surface area contributed by atoms with Gasteiger partial charge in [-0.05, 0) is 32.0 Å². The van der Waals surface area contributed by atoms with Crippen molar-refractivity contribution in [1.29, 1.82) is 0 Å². The van der Waals surface area contributed by atoms with Crippen LogP contribution in [0.4, 0.5) is 0 Å². The molecule has 0 atom stereocenters. The Bertz CT molecular complexity index is 385. The lowest BCUT2D eigenvalue weighted by Crippen LogP contribution is -2.19. The average Bonchev–Trinajstić information content (AvgIpc) is 2.41. The van der Waals surface area contributed by atoms with Crippen LogP contribution in [0.25, 0.3) is 0 Å². The van der Waals surface area contributed by atoms with E-state index in [4.69, 9.17) is 25.8 Å². The summed E-state index contributed by atoms with van der Waals surface area (Å²) in [5.74, 6) is 0.840. The SMILES string of the molecule is COCCNCc1cc(Cl)ccc1OCCOC(C)C. The van der Waals surface area contributed by atoms with Gasteiger partial charge < -0.3 is 19.5 Å². The molecule has 0 radical (unpaired) electrons. The van der Waals surface area contributed by atoms with Crippen LogP contribution in [0.15, 0.2) is 18.2 Å². The first-order chi connectivity index (χ1) is 9.63. The summed E-state index contributed by atoms with van der Waals surface area (Å²) in [5.41, 5.74) is 1.04. The molecule has 1 N–H and O–H groups in total. The molecule has 1 rings (SSSR count). The normalized spacial score (nSPS) is 11.1. The molecule has 0 fully saturated rings. The van der Waals surface area contributed by atoms with Gasteiger partial charge in [-0.15, -0.1) is 0 Å². The molecule has 4 nitrogen and oxygen atoms in total. The van der Waals surface area contributed by atoms with E-state index in [1.807, 2.05) is 32.0 Å². The summed E-state index contributed by atoms with van der Waals surface area (Å²) >= 11 is 6.03. The van der Waals surface area contributed by atoms with Gasteiger partial charge in [0.25, 0.3) is 0 Å². The number of benzene rings is 1. The molecule has 114 valence electrons. The van der Waals surface area contributed by atoms with Crippen LogP contribution in [0, 0.1) is 0 Å². The van der Waals surface area contributed by atoms with Gasteiger partial charge in [0.1, 0.15) is 12.4 Å². The van der Waals surface area contributed by atoms with E-state index in [9.17, 15) is 0 Å². The Hall–Kier alpha value is -0.810. The molecule has 0 heterocycles. The maximum atomic E-state index is 6.03. The molecule has 0 aliphatic rings. The van der Waals surface area contributed by atoms with E-state index >= 15 is 0 Å². The van der Waals surface area contributed by atoms with Gasteiger partial charge in [-0.3, -0.25) is 0 Å². The number of halogens is 1. The third-order valence-electron chi connectivity index (χ3n) is 2.61. The zero-order valence-corrected chi connectivity index (χ0v) is 13.2. The van der Waals surface area contributed by atoms with Crippen LogP contribution in [0.2, 0.25) is 5.02 Å². The van der Waals surface area contributed by atoms with Crippen molar-refractivity contribution >= 4 is 11.6 Å². The Morgan fingerprint density at radius 1 is 1.20 bits per heavy atom. The van der Waals surface area contributed by atoms with E-state index in [2.05, 4.69) is 5.32 Å². The Morgan fingerprint density at radius 2 is 2.00 bits per heavy atom. The topological polar surface area (TPSA) is 39.7 Å². The van der Waals surface area contributed by atoms with Crippen LogP contribution in [0.1, 0.15) is 19.4 Å². The van der Waals surface area contributed by atoms with Crippen LogP contribution in [0.5, 0.6) is 5.75 Å². The number of ether oxygens (including phenoxy) is 3. The predicted octanol–water partition coefficient (Wildman–Crippen LogP) is 2.88. The highest BCUT2D eigenvalue weighted by atomic mass is 35.5. The second-order valence-electron chi connectivity index (χ2n) is 4.69. The third kappa shape index (κ3) is 7.10. The smallest absolute Gasteiger partial charge is 0.124 e. The van der Waals surface area contributed by atoms with E-state index < -0.39 is 0 Å². The van der Waals surface area contributed by atoms with Gasteiger partial charge in [0, 0.05) is 30.8 Å². The van der Waals surface area contributed by atoms with Gasteiger partial charge in [-0.2, -0.15) is 0 Å². The van der Waals surface area contributed by atoms with Crippen molar-refractivity contribution in [3.63, 3.8) is 0 Å². The van der Waals surface area contributed by atoms with E-state index in [1.165, 1.54) is 0 Å². The van der Waals surface area contributed by atoms with Crippen LogP contribution < -0.4 is 10.1 Å². The summed E-state index contributed by atoms with van der Waals surface area (Å²) in [7, 11) is 1.68. The molecule has 0 saturated carbocycles. The summed E-state index contributed by atoms with van der Waals surface area (Å²) in [4.78, 5) is 0. The Kier molecular flexibility index (Phi) is 8.62. The van der Waals surface area contributed by atoms with Gasteiger partial charge in [0.15, 0.2) is 0 Å². The highest BCUT2D eigenvalue weighted by Gasteiger charge is 2.05. The molecule has 0 aromatic heterocycles. The highest BCUT2D eigenvalue weighted by Crippen LogP contribution is 2.22. The zero-order chi connectivity index (χ0) is 14.8.